The molecule has 0 saturated carbocycles. The zero-order valence-electron chi connectivity index (χ0n) is 21.1. The molecule has 9 nitrogen and oxygen atoms in total. The molecule has 0 aliphatic carbocycles. The van der Waals surface area contributed by atoms with Gasteiger partial charge in [-0.2, -0.15) is 8.42 Å². The molecule has 0 aliphatic heterocycles. The summed E-state index contributed by atoms with van der Waals surface area (Å²) in [6.45, 7) is 3.08. The average Bonchev–Trinajstić information content (AvgIpc) is 3.36. The number of carbonyl (C=O) groups excluding carboxylic acids is 1. The van der Waals surface area contributed by atoms with Crippen molar-refractivity contribution in [2.75, 3.05) is 38.9 Å². The van der Waals surface area contributed by atoms with Gasteiger partial charge in [-0.1, -0.05) is 0 Å². The van der Waals surface area contributed by atoms with Gasteiger partial charge in [0.05, 0.1) is 21.7 Å². The van der Waals surface area contributed by atoms with Crippen LogP contribution in [-0.2, 0) is 19.0 Å². The molecule has 1 aromatic heterocycles. The minimum Gasteiger partial charge on any atom is -0.468 e. The lowest BCUT2D eigenvalue weighted by Gasteiger charge is -2.09. The molecule has 200 valence electrons. The van der Waals surface area contributed by atoms with Gasteiger partial charge in [0, 0.05) is 37.0 Å². The maximum Gasteiger partial charge on any atom is 0.296 e. The molecule has 0 aliphatic rings. The van der Waals surface area contributed by atoms with Crippen LogP contribution in [0.25, 0.3) is 20.8 Å². The molecule has 1 amide bonds. The monoisotopic (exact) mass is 555 g/mol. The van der Waals surface area contributed by atoms with Crippen LogP contribution >= 0.6 is 11.3 Å². The largest absolute Gasteiger partial charge is 0.468 e. The van der Waals surface area contributed by atoms with E-state index in [9.17, 15) is 13.2 Å². The number of fused-ring (bicyclic) bond motifs is 1. The van der Waals surface area contributed by atoms with Crippen LogP contribution in [0.3, 0.4) is 0 Å². The van der Waals surface area contributed by atoms with Crippen molar-refractivity contribution in [2.24, 2.45) is 0 Å². The van der Waals surface area contributed by atoms with Crippen molar-refractivity contribution in [1.82, 2.24) is 10.3 Å². The summed E-state index contributed by atoms with van der Waals surface area (Å²) in [7, 11) is -2.31. The van der Waals surface area contributed by atoms with Crippen LogP contribution in [0.5, 0.6) is 5.75 Å². The van der Waals surface area contributed by atoms with Gasteiger partial charge < -0.3 is 20.1 Å². The van der Waals surface area contributed by atoms with Gasteiger partial charge in [0.15, 0.2) is 6.79 Å². The molecular weight excluding hydrogens is 526 g/mol. The van der Waals surface area contributed by atoms with E-state index < -0.39 is 10.1 Å². The van der Waals surface area contributed by atoms with Crippen LogP contribution in [0.4, 0.5) is 5.69 Å². The number of ether oxygens (including phenoxy) is 2. The molecule has 11 heteroatoms. The Kier molecular flexibility index (Phi) is 9.29. The van der Waals surface area contributed by atoms with Crippen molar-refractivity contribution < 1.29 is 26.9 Å². The van der Waals surface area contributed by atoms with E-state index in [0.29, 0.717) is 25.1 Å². The number of hydrogen-bond acceptors (Lipinski definition) is 9. The van der Waals surface area contributed by atoms with Gasteiger partial charge in [0.2, 0.25) is 0 Å². The van der Waals surface area contributed by atoms with Crippen LogP contribution in [0, 0.1) is 0 Å². The zero-order valence-corrected chi connectivity index (χ0v) is 22.7. The summed E-state index contributed by atoms with van der Waals surface area (Å²) in [6.07, 6.45) is 0.489. The fraction of sp³-hybridized carbons (Fsp3) is 0.259. The van der Waals surface area contributed by atoms with Crippen molar-refractivity contribution in [3.05, 3.63) is 72.3 Å². The van der Waals surface area contributed by atoms with Gasteiger partial charge in [-0.25, -0.2) is 4.98 Å². The highest BCUT2D eigenvalue weighted by atomic mass is 32.2. The van der Waals surface area contributed by atoms with Crippen molar-refractivity contribution in [3.63, 3.8) is 0 Å². The minimum atomic E-state index is -3.89. The maximum absolute atomic E-state index is 12.4. The van der Waals surface area contributed by atoms with Gasteiger partial charge in [-0.05, 0) is 80.1 Å². The second-order valence-corrected chi connectivity index (χ2v) is 10.9. The third-order valence-electron chi connectivity index (χ3n) is 5.47. The second kappa shape index (κ2) is 12.8. The minimum absolute atomic E-state index is 0.0164. The Morgan fingerprint density at radius 1 is 1.03 bits per heavy atom. The number of benzene rings is 3. The summed E-state index contributed by atoms with van der Waals surface area (Å²) in [5, 5.41) is 6.85. The maximum atomic E-state index is 12.4. The Labute approximate surface area is 225 Å². The summed E-state index contributed by atoms with van der Waals surface area (Å²) >= 11 is 1.59. The van der Waals surface area contributed by atoms with Crippen LogP contribution in [0.1, 0.15) is 23.7 Å². The number of nitrogens with zero attached hydrogens (tertiary/aromatic N) is 1. The first-order valence-electron chi connectivity index (χ1n) is 12.0. The first-order chi connectivity index (χ1) is 18.4. The predicted octanol–water partition coefficient (Wildman–Crippen LogP) is 4.90. The van der Waals surface area contributed by atoms with Crippen molar-refractivity contribution in [2.45, 2.75) is 18.2 Å². The molecule has 0 spiro atoms. The lowest BCUT2D eigenvalue weighted by molar-refractivity contribution is 0.0512. The lowest BCUT2D eigenvalue weighted by atomic mass is 10.2. The Hall–Kier alpha value is -3.51. The molecule has 0 radical (unpaired) electrons. The Morgan fingerprint density at radius 3 is 2.50 bits per heavy atom. The van der Waals surface area contributed by atoms with E-state index in [1.807, 2.05) is 49.4 Å². The number of aromatic nitrogens is 1. The summed E-state index contributed by atoms with van der Waals surface area (Å²) in [5.74, 6) is 0.485. The zero-order chi connectivity index (χ0) is 27.0. The highest BCUT2D eigenvalue weighted by molar-refractivity contribution is 7.86. The van der Waals surface area contributed by atoms with Gasteiger partial charge in [0.25, 0.3) is 16.0 Å². The molecule has 0 unspecified atom stereocenters. The normalized spacial score (nSPS) is 11.4. The highest BCUT2D eigenvalue weighted by Gasteiger charge is 2.16. The van der Waals surface area contributed by atoms with E-state index in [2.05, 4.69) is 10.6 Å². The first kappa shape index (κ1) is 27.5. The van der Waals surface area contributed by atoms with Crippen molar-refractivity contribution in [3.8, 4) is 16.3 Å². The third kappa shape index (κ3) is 7.07. The molecule has 0 saturated heterocycles. The van der Waals surface area contributed by atoms with Crippen LogP contribution in [-0.4, -0.2) is 52.9 Å². The van der Waals surface area contributed by atoms with Crippen molar-refractivity contribution >= 4 is 43.3 Å². The predicted molar refractivity (Wildman–Crippen MR) is 148 cm³/mol. The van der Waals surface area contributed by atoms with Crippen LogP contribution in [0.2, 0.25) is 0 Å². The van der Waals surface area contributed by atoms with E-state index in [0.717, 1.165) is 32.2 Å². The number of hydrogen-bond donors (Lipinski definition) is 2. The number of anilines is 1. The summed E-state index contributed by atoms with van der Waals surface area (Å²) < 4.78 is 41.5. The molecule has 38 heavy (non-hydrogen) atoms. The molecule has 0 fully saturated rings. The Balaban J connectivity index is 1.25. The second-order valence-electron chi connectivity index (χ2n) is 8.22. The Morgan fingerprint density at radius 2 is 1.79 bits per heavy atom. The number of carbonyl (C=O) groups is 1. The smallest absolute Gasteiger partial charge is 0.296 e. The van der Waals surface area contributed by atoms with Gasteiger partial charge in [-0.15, -0.1) is 11.3 Å². The van der Waals surface area contributed by atoms with Crippen LogP contribution in [0.15, 0.2) is 71.6 Å². The number of methoxy groups -OCH3 is 1. The molecule has 1 heterocycles. The SMILES string of the molecule is CCNC(=O)c1ccc(S(=O)(=O)OCCCNc2ccc(-c3nc4ccc(OCOC)cc4s3)cc2)cc1. The molecular formula is C27H29N3O6S2. The van der Waals surface area contributed by atoms with E-state index in [4.69, 9.17) is 18.6 Å². The number of nitrogens with one attached hydrogen (secondary N) is 2. The Bertz CT molecular complexity index is 1470. The third-order valence-corrected chi connectivity index (χ3v) is 7.86. The molecule has 3 aromatic carbocycles. The fourth-order valence-corrected chi connectivity index (χ4v) is 5.50. The summed E-state index contributed by atoms with van der Waals surface area (Å²) in [4.78, 5) is 16.6. The van der Waals surface area contributed by atoms with Gasteiger partial charge in [0.1, 0.15) is 10.8 Å². The number of rotatable bonds is 13. The number of amides is 1. The fourth-order valence-electron chi connectivity index (χ4n) is 3.55. The molecule has 4 aromatic rings. The average molecular weight is 556 g/mol. The standard InChI is InChI=1S/C27H29N3O6S2/c1-3-28-26(31)19-7-12-23(13-8-19)38(32,33)36-16-4-15-29-21-9-5-20(6-10-21)27-30-24-14-11-22(35-18-34-2)17-25(24)37-27/h5-14,17,29H,3-4,15-16,18H2,1-2H3,(H,28,31). The van der Waals surface area contributed by atoms with Gasteiger partial charge in [-0.3, -0.25) is 8.98 Å². The number of thiazole rings is 1. The summed E-state index contributed by atoms with van der Waals surface area (Å²) in [5.41, 5.74) is 3.22. The summed E-state index contributed by atoms with van der Waals surface area (Å²) in [6, 6.07) is 19.3. The van der Waals surface area contributed by atoms with Crippen molar-refractivity contribution in [1.29, 1.82) is 0 Å². The van der Waals surface area contributed by atoms with E-state index in [-0.39, 0.29) is 24.2 Å². The topological polar surface area (TPSA) is 116 Å². The van der Waals surface area contributed by atoms with E-state index in [1.165, 1.54) is 24.3 Å². The van der Waals surface area contributed by atoms with Gasteiger partial charge >= 0.3 is 0 Å². The highest BCUT2D eigenvalue weighted by Crippen LogP contribution is 2.32. The van der Waals surface area contributed by atoms with E-state index in [1.54, 1.807) is 18.4 Å². The molecule has 0 bridgehead atoms. The van der Waals surface area contributed by atoms with E-state index >= 15 is 0 Å². The van der Waals surface area contributed by atoms with Crippen LogP contribution < -0.4 is 15.4 Å². The quantitative estimate of drug-likeness (QED) is 0.136. The molecule has 2 N–H and O–H groups in total. The molecule has 0 atom stereocenters. The first-order valence-corrected chi connectivity index (χ1v) is 14.3. The molecule has 4 rings (SSSR count). The lowest BCUT2D eigenvalue weighted by Crippen LogP contribution is -2.22.